The third-order valence-corrected chi connectivity index (χ3v) is 6.46. The highest BCUT2D eigenvalue weighted by atomic mass is 19.1. The minimum absolute atomic E-state index is 0.0727. The number of amides is 2. The maximum absolute atomic E-state index is 13.7. The Labute approximate surface area is 209 Å². The summed E-state index contributed by atoms with van der Waals surface area (Å²) in [5, 5.41) is 23.4. The van der Waals surface area contributed by atoms with Crippen LogP contribution in [0.3, 0.4) is 0 Å². The Hall–Kier alpha value is -3.49. The van der Waals surface area contributed by atoms with Crippen LogP contribution in [0, 0.1) is 5.82 Å². The summed E-state index contributed by atoms with van der Waals surface area (Å²) in [5.41, 5.74) is 2.65. The Kier molecular flexibility index (Phi) is 7.86. The van der Waals surface area contributed by atoms with E-state index in [0.717, 1.165) is 11.1 Å². The number of benzene rings is 2. The molecule has 0 saturated carbocycles. The zero-order chi connectivity index (χ0) is 25.8. The number of para-hydroxylation sites is 1. The van der Waals surface area contributed by atoms with E-state index in [-0.39, 0.29) is 31.4 Å². The quantitative estimate of drug-likeness (QED) is 0.490. The van der Waals surface area contributed by atoms with E-state index in [1.165, 1.54) is 23.1 Å². The van der Waals surface area contributed by atoms with E-state index in [4.69, 9.17) is 4.74 Å². The summed E-state index contributed by atoms with van der Waals surface area (Å²) in [5.74, 6) is -1.02. The van der Waals surface area contributed by atoms with Gasteiger partial charge in [0.05, 0.1) is 18.6 Å². The number of hydrogen-bond donors (Lipinski definition) is 3. The fourth-order valence-corrected chi connectivity index (χ4v) is 4.87. The SMILES string of the molecule is CC(C)=CC(=O)N(CCc1cccc(F)c1)[C@@H]1C=C(C(=O)NCCO)[C@@H]2c3ccccc3O[C@@H]2[C@H]1O. The van der Waals surface area contributed by atoms with E-state index >= 15 is 0 Å². The van der Waals surface area contributed by atoms with Crippen molar-refractivity contribution in [3.05, 3.63) is 88.8 Å². The molecule has 36 heavy (non-hydrogen) atoms. The molecule has 4 atom stereocenters. The number of hydrogen-bond acceptors (Lipinski definition) is 5. The molecular weight excluding hydrogens is 463 g/mol. The normalized spacial score (nSPS) is 22.0. The first kappa shape index (κ1) is 25.6. The van der Waals surface area contributed by atoms with Gasteiger partial charge in [0, 0.05) is 30.3 Å². The highest BCUT2D eigenvalue weighted by molar-refractivity contribution is 5.96. The molecule has 0 unspecified atom stereocenters. The van der Waals surface area contributed by atoms with Crippen molar-refractivity contribution in [1.29, 1.82) is 0 Å². The topological polar surface area (TPSA) is 99.1 Å². The second-order valence-corrected chi connectivity index (χ2v) is 9.31. The van der Waals surface area contributed by atoms with Crippen molar-refractivity contribution in [2.45, 2.75) is 44.4 Å². The van der Waals surface area contributed by atoms with Crippen LogP contribution in [0.4, 0.5) is 4.39 Å². The molecular formula is C28H31FN2O5. The molecule has 1 heterocycles. The van der Waals surface area contributed by atoms with Crippen molar-refractivity contribution in [3.8, 4) is 5.75 Å². The van der Waals surface area contributed by atoms with Gasteiger partial charge in [0.15, 0.2) is 0 Å². The number of ether oxygens (including phenoxy) is 1. The lowest BCUT2D eigenvalue weighted by Gasteiger charge is -2.40. The van der Waals surface area contributed by atoms with Crippen LogP contribution < -0.4 is 10.1 Å². The molecule has 0 fully saturated rings. The lowest BCUT2D eigenvalue weighted by atomic mass is 9.77. The van der Waals surface area contributed by atoms with E-state index in [0.29, 0.717) is 23.3 Å². The number of nitrogens with zero attached hydrogens (tertiary/aromatic N) is 1. The van der Waals surface area contributed by atoms with Crippen molar-refractivity contribution in [3.63, 3.8) is 0 Å². The summed E-state index contributed by atoms with van der Waals surface area (Å²) >= 11 is 0. The summed E-state index contributed by atoms with van der Waals surface area (Å²) in [4.78, 5) is 28.0. The fourth-order valence-electron chi connectivity index (χ4n) is 4.87. The van der Waals surface area contributed by atoms with Crippen LogP contribution in [0.25, 0.3) is 0 Å². The molecule has 2 amide bonds. The fraction of sp³-hybridized carbons (Fsp3) is 0.357. The minimum Gasteiger partial charge on any atom is -0.486 e. The number of allylic oxidation sites excluding steroid dienone is 1. The largest absolute Gasteiger partial charge is 0.486 e. The molecule has 0 bridgehead atoms. The van der Waals surface area contributed by atoms with Crippen LogP contribution >= 0.6 is 0 Å². The van der Waals surface area contributed by atoms with E-state index in [2.05, 4.69) is 5.32 Å². The second kappa shape index (κ2) is 11.1. The monoisotopic (exact) mass is 494 g/mol. The molecule has 0 spiro atoms. The molecule has 1 aliphatic carbocycles. The standard InChI is InChI=1S/C28H31FN2O5/c1-17(2)14-24(33)31(12-10-18-6-5-7-19(29)15-18)22-16-21(28(35)30-11-13-32)25-20-8-3-4-9-23(20)36-27(25)26(22)34/h3-9,14-16,22,25-27,32,34H,10-13H2,1-2H3,(H,30,35)/t22-,25+,26+,27+/m1/s1. The Morgan fingerprint density at radius 3 is 2.67 bits per heavy atom. The van der Waals surface area contributed by atoms with Gasteiger partial charge in [-0.05, 0) is 50.1 Å². The van der Waals surface area contributed by atoms with Crippen LogP contribution in [-0.4, -0.2) is 64.9 Å². The summed E-state index contributed by atoms with van der Waals surface area (Å²) in [7, 11) is 0. The highest BCUT2D eigenvalue weighted by Gasteiger charge is 2.50. The van der Waals surface area contributed by atoms with Crippen molar-refractivity contribution in [2.75, 3.05) is 19.7 Å². The van der Waals surface area contributed by atoms with Crippen molar-refractivity contribution < 1.29 is 28.9 Å². The molecule has 7 nitrogen and oxygen atoms in total. The van der Waals surface area contributed by atoms with Gasteiger partial charge in [-0.15, -0.1) is 0 Å². The first-order valence-electron chi connectivity index (χ1n) is 12.0. The first-order valence-corrected chi connectivity index (χ1v) is 12.0. The van der Waals surface area contributed by atoms with Crippen molar-refractivity contribution in [1.82, 2.24) is 10.2 Å². The number of carbonyl (C=O) groups excluding carboxylic acids is 2. The Morgan fingerprint density at radius 2 is 1.94 bits per heavy atom. The molecule has 2 aromatic rings. The molecule has 190 valence electrons. The second-order valence-electron chi connectivity index (χ2n) is 9.31. The van der Waals surface area contributed by atoms with Crippen LogP contribution in [-0.2, 0) is 16.0 Å². The number of aliphatic hydroxyl groups excluding tert-OH is 2. The molecule has 8 heteroatoms. The van der Waals surface area contributed by atoms with Gasteiger partial charge in [-0.1, -0.05) is 35.9 Å². The third kappa shape index (κ3) is 5.34. The number of fused-ring (bicyclic) bond motifs is 3. The Bertz CT molecular complexity index is 1190. The molecule has 2 aromatic carbocycles. The maximum atomic E-state index is 13.7. The summed E-state index contributed by atoms with van der Waals surface area (Å²) in [6.07, 6.45) is 1.58. The highest BCUT2D eigenvalue weighted by Crippen LogP contribution is 2.47. The average molecular weight is 495 g/mol. The van der Waals surface area contributed by atoms with Crippen LogP contribution in [0.5, 0.6) is 5.75 Å². The van der Waals surface area contributed by atoms with E-state index < -0.39 is 30.1 Å². The lowest BCUT2D eigenvalue weighted by molar-refractivity contribution is -0.132. The molecule has 0 radical (unpaired) electrons. The van der Waals surface area contributed by atoms with E-state index in [1.807, 2.05) is 18.2 Å². The molecule has 1 aliphatic heterocycles. The Balaban J connectivity index is 1.72. The van der Waals surface area contributed by atoms with Gasteiger partial charge < -0.3 is 25.2 Å². The number of aliphatic hydroxyl groups is 2. The lowest BCUT2D eigenvalue weighted by Crippen LogP contribution is -2.56. The maximum Gasteiger partial charge on any atom is 0.247 e. The van der Waals surface area contributed by atoms with Gasteiger partial charge in [-0.25, -0.2) is 4.39 Å². The average Bonchev–Trinajstić information content (AvgIpc) is 3.23. The third-order valence-electron chi connectivity index (χ3n) is 6.46. The van der Waals surface area contributed by atoms with Crippen LogP contribution in [0.2, 0.25) is 0 Å². The first-order chi connectivity index (χ1) is 17.3. The van der Waals surface area contributed by atoms with Crippen molar-refractivity contribution >= 4 is 11.8 Å². The summed E-state index contributed by atoms with van der Waals surface area (Å²) in [6, 6.07) is 12.6. The molecule has 2 aliphatic rings. The molecule has 3 N–H and O–H groups in total. The predicted molar refractivity (Wildman–Crippen MR) is 133 cm³/mol. The van der Waals surface area contributed by atoms with Gasteiger partial charge in [-0.3, -0.25) is 9.59 Å². The number of carbonyl (C=O) groups is 2. The number of rotatable bonds is 8. The summed E-state index contributed by atoms with van der Waals surface area (Å²) < 4.78 is 19.8. The molecule has 4 rings (SSSR count). The smallest absolute Gasteiger partial charge is 0.247 e. The van der Waals surface area contributed by atoms with E-state index in [9.17, 15) is 24.2 Å². The zero-order valence-electron chi connectivity index (χ0n) is 20.4. The predicted octanol–water partition coefficient (Wildman–Crippen LogP) is 2.49. The number of nitrogens with one attached hydrogen (secondary N) is 1. The Morgan fingerprint density at radius 1 is 1.17 bits per heavy atom. The minimum atomic E-state index is -1.11. The van der Waals surface area contributed by atoms with Crippen LogP contribution in [0.15, 0.2) is 71.8 Å². The van der Waals surface area contributed by atoms with E-state index in [1.54, 1.807) is 38.1 Å². The summed E-state index contributed by atoms with van der Waals surface area (Å²) in [6.45, 7) is 3.65. The number of halogens is 1. The van der Waals surface area contributed by atoms with Crippen molar-refractivity contribution in [2.24, 2.45) is 0 Å². The van der Waals surface area contributed by atoms with Gasteiger partial charge in [-0.2, -0.15) is 0 Å². The van der Waals surface area contributed by atoms with Gasteiger partial charge in [0.2, 0.25) is 11.8 Å². The van der Waals surface area contributed by atoms with Gasteiger partial charge in [0.1, 0.15) is 23.8 Å². The molecule has 0 saturated heterocycles. The molecule has 0 aromatic heterocycles. The zero-order valence-corrected chi connectivity index (χ0v) is 20.4. The van der Waals surface area contributed by atoms with Gasteiger partial charge in [0.25, 0.3) is 0 Å². The van der Waals surface area contributed by atoms with Crippen LogP contribution in [0.1, 0.15) is 30.9 Å². The van der Waals surface area contributed by atoms with Gasteiger partial charge >= 0.3 is 0 Å².